The first kappa shape index (κ1) is 15.3. The van der Waals surface area contributed by atoms with E-state index in [0.717, 1.165) is 22.0 Å². The van der Waals surface area contributed by atoms with Gasteiger partial charge < -0.3 is 15.0 Å². The molecule has 1 unspecified atom stereocenters. The number of fused-ring (bicyclic) bond motifs is 1. The molecule has 0 saturated heterocycles. The minimum absolute atomic E-state index is 0.00673. The highest BCUT2D eigenvalue weighted by Crippen LogP contribution is 2.18. The number of ether oxygens (including phenoxy) is 1. The zero-order valence-corrected chi connectivity index (χ0v) is 13.1. The molecule has 0 bridgehead atoms. The van der Waals surface area contributed by atoms with E-state index in [9.17, 15) is 4.79 Å². The molecule has 23 heavy (non-hydrogen) atoms. The Hall–Kier alpha value is -2.59. The zero-order chi connectivity index (χ0) is 16.1. The van der Waals surface area contributed by atoms with Gasteiger partial charge in [0, 0.05) is 30.8 Å². The number of benzene rings is 2. The van der Waals surface area contributed by atoms with Crippen molar-refractivity contribution in [3.8, 4) is 0 Å². The lowest BCUT2D eigenvalue weighted by Crippen LogP contribution is -2.30. The van der Waals surface area contributed by atoms with E-state index in [1.165, 1.54) is 0 Å². The standard InChI is InChI=1S/C19H20N2O2/c1-23-18(14-7-3-2-4-8-14)13-21-19(22)11-15-12-20-17-10-6-5-9-16(15)17/h2-10,12,18,20H,11,13H2,1H3,(H,21,22). The number of hydrogen-bond acceptors (Lipinski definition) is 2. The van der Waals surface area contributed by atoms with E-state index >= 15 is 0 Å². The van der Waals surface area contributed by atoms with Crippen LogP contribution in [0.5, 0.6) is 0 Å². The molecule has 2 N–H and O–H groups in total. The number of aromatic amines is 1. The van der Waals surface area contributed by atoms with Crippen LogP contribution in [0.2, 0.25) is 0 Å². The summed E-state index contributed by atoms with van der Waals surface area (Å²) in [5.74, 6) is -0.00673. The van der Waals surface area contributed by atoms with Crippen LogP contribution in [0.25, 0.3) is 10.9 Å². The molecular weight excluding hydrogens is 288 g/mol. The molecule has 3 rings (SSSR count). The predicted molar refractivity (Wildman–Crippen MR) is 91.2 cm³/mol. The summed E-state index contributed by atoms with van der Waals surface area (Å²) in [5, 5.41) is 4.05. The molecule has 0 radical (unpaired) electrons. The van der Waals surface area contributed by atoms with Crippen molar-refractivity contribution in [1.29, 1.82) is 0 Å². The third-order valence-electron chi connectivity index (χ3n) is 3.97. The molecule has 0 aliphatic carbocycles. The summed E-state index contributed by atoms with van der Waals surface area (Å²) in [6.45, 7) is 0.460. The van der Waals surface area contributed by atoms with E-state index in [0.29, 0.717) is 13.0 Å². The molecular formula is C19H20N2O2. The second-order valence-corrected chi connectivity index (χ2v) is 5.48. The van der Waals surface area contributed by atoms with Crippen LogP contribution < -0.4 is 5.32 Å². The summed E-state index contributed by atoms with van der Waals surface area (Å²) in [6.07, 6.45) is 2.12. The molecule has 0 aliphatic heterocycles. The van der Waals surface area contributed by atoms with E-state index in [1.807, 2.05) is 60.8 Å². The molecule has 3 aromatic rings. The summed E-state index contributed by atoms with van der Waals surface area (Å²) in [4.78, 5) is 15.4. The second kappa shape index (κ2) is 7.11. The molecule has 1 heterocycles. The van der Waals surface area contributed by atoms with Crippen molar-refractivity contribution in [2.75, 3.05) is 13.7 Å². The van der Waals surface area contributed by atoms with Gasteiger partial charge in [0.2, 0.25) is 5.91 Å². The number of carbonyl (C=O) groups excluding carboxylic acids is 1. The maximum absolute atomic E-state index is 12.2. The van der Waals surface area contributed by atoms with E-state index in [-0.39, 0.29) is 12.0 Å². The van der Waals surface area contributed by atoms with E-state index in [1.54, 1.807) is 7.11 Å². The summed E-state index contributed by atoms with van der Waals surface area (Å²) >= 11 is 0. The Kier molecular flexibility index (Phi) is 4.74. The highest BCUT2D eigenvalue weighted by Gasteiger charge is 2.13. The average molecular weight is 308 g/mol. The fraction of sp³-hybridized carbons (Fsp3) is 0.211. The molecule has 0 aliphatic rings. The normalized spacial score (nSPS) is 12.2. The lowest BCUT2D eigenvalue weighted by atomic mass is 10.1. The van der Waals surface area contributed by atoms with Crippen molar-refractivity contribution in [2.24, 2.45) is 0 Å². The van der Waals surface area contributed by atoms with Gasteiger partial charge in [-0.3, -0.25) is 4.79 Å². The Morgan fingerprint density at radius 3 is 2.65 bits per heavy atom. The van der Waals surface area contributed by atoms with Crippen molar-refractivity contribution in [2.45, 2.75) is 12.5 Å². The Bertz CT molecular complexity index is 780. The number of para-hydroxylation sites is 1. The van der Waals surface area contributed by atoms with Gasteiger partial charge in [0.15, 0.2) is 0 Å². The first-order valence-corrected chi connectivity index (χ1v) is 7.67. The van der Waals surface area contributed by atoms with E-state index < -0.39 is 0 Å². The molecule has 4 heteroatoms. The van der Waals surface area contributed by atoms with Crippen LogP contribution in [0, 0.1) is 0 Å². The topological polar surface area (TPSA) is 54.1 Å². The number of carbonyl (C=O) groups is 1. The van der Waals surface area contributed by atoms with Crippen LogP contribution in [0.3, 0.4) is 0 Å². The Labute approximate surface area is 135 Å². The van der Waals surface area contributed by atoms with Crippen molar-refractivity contribution in [1.82, 2.24) is 10.3 Å². The molecule has 4 nitrogen and oxygen atoms in total. The van der Waals surface area contributed by atoms with Crippen molar-refractivity contribution in [3.63, 3.8) is 0 Å². The minimum Gasteiger partial charge on any atom is -0.375 e. The van der Waals surface area contributed by atoms with Crippen molar-refractivity contribution < 1.29 is 9.53 Å². The number of hydrogen-bond donors (Lipinski definition) is 2. The number of amides is 1. The second-order valence-electron chi connectivity index (χ2n) is 5.48. The van der Waals surface area contributed by atoms with Crippen molar-refractivity contribution >= 4 is 16.8 Å². The number of H-pyrrole nitrogens is 1. The molecule has 1 aromatic heterocycles. The van der Waals surface area contributed by atoms with Gasteiger partial charge in [0.1, 0.15) is 0 Å². The summed E-state index contributed by atoms with van der Waals surface area (Å²) in [7, 11) is 1.66. The van der Waals surface area contributed by atoms with Gasteiger partial charge in [-0.15, -0.1) is 0 Å². The number of methoxy groups -OCH3 is 1. The lowest BCUT2D eigenvalue weighted by molar-refractivity contribution is -0.121. The van der Waals surface area contributed by atoms with Crippen LogP contribution in [0.15, 0.2) is 60.8 Å². The van der Waals surface area contributed by atoms with Gasteiger partial charge in [-0.05, 0) is 17.2 Å². The van der Waals surface area contributed by atoms with Gasteiger partial charge in [-0.25, -0.2) is 0 Å². The highest BCUT2D eigenvalue weighted by molar-refractivity contribution is 5.88. The Morgan fingerprint density at radius 1 is 1.13 bits per heavy atom. The van der Waals surface area contributed by atoms with E-state index in [4.69, 9.17) is 4.74 Å². The van der Waals surface area contributed by atoms with Gasteiger partial charge in [-0.1, -0.05) is 48.5 Å². The van der Waals surface area contributed by atoms with Gasteiger partial charge in [0.25, 0.3) is 0 Å². The molecule has 0 spiro atoms. The molecule has 118 valence electrons. The largest absolute Gasteiger partial charge is 0.375 e. The first-order valence-electron chi connectivity index (χ1n) is 7.67. The van der Waals surface area contributed by atoms with Gasteiger partial charge in [-0.2, -0.15) is 0 Å². The SMILES string of the molecule is COC(CNC(=O)Cc1c[nH]c2ccccc12)c1ccccc1. The lowest BCUT2D eigenvalue weighted by Gasteiger charge is -2.16. The highest BCUT2D eigenvalue weighted by atomic mass is 16.5. The number of rotatable bonds is 6. The molecule has 1 amide bonds. The summed E-state index contributed by atoms with van der Waals surface area (Å²) < 4.78 is 5.47. The smallest absolute Gasteiger partial charge is 0.224 e. The van der Waals surface area contributed by atoms with Crippen LogP contribution in [0.4, 0.5) is 0 Å². The fourth-order valence-corrected chi connectivity index (χ4v) is 2.72. The summed E-state index contributed by atoms with van der Waals surface area (Å²) in [5.41, 5.74) is 3.11. The third-order valence-corrected chi connectivity index (χ3v) is 3.97. The van der Waals surface area contributed by atoms with E-state index in [2.05, 4.69) is 10.3 Å². The first-order chi connectivity index (χ1) is 11.3. The monoisotopic (exact) mass is 308 g/mol. The Balaban J connectivity index is 1.61. The van der Waals surface area contributed by atoms with Crippen LogP contribution in [-0.4, -0.2) is 24.5 Å². The number of aromatic nitrogens is 1. The van der Waals surface area contributed by atoms with Crippen LogP contribution in [0.1, 0.15) is 17.2 Å². The third kappa shape index (κ3) is 3.60. The van der Waals surface area contributed by atoms with Crippen molar-refractivity contribution in [3.05, 3.63) is 71.9 Å². The summed E-state index contributed by atoms with van der Waals surface area (Å²) in [6, 6.07) is 17.9. The molecule has 0 fully saturated rings. The molecule has 1 atom stereocenters. The van der Waals surface area contributed by atoms with Gasteiger partial charge >= 0.3 is 0 Å². The van der Waals surface area contributed by atoms with Crippen LogP contribution in [-0.2, 0) is 16.0 Å². The zero-order valence-electron chi connectivity index (χ0n) is 13.1. The van der Waals surface area contributed by atoms with Gasteiger partial charge in [0.05, 0.1) is 12.5 Å². The predicted octanol–water partition coefficient (Wildman–Crippen LogP) is 3.21. The average Bonchev–Trinajstić information content (AvgIpc) is 2.99. The number of nitrogens with one attached hydrogen (secondary N) is 2. The molecule has 2 aromatic carbocycles. The maximum Gasteiger partial charge on any atom is 0.224 e. The fourth-order valence-electron chi connectivity index (χ4n) is 2.72. The molecule has 0 saturated carbocycles. The van der Waals surface area contributed by atoms with Crippen LogP contribution >= 0.6 is 0 Å². The quantitative estimate of drug-likeness (QED) is 0.734. The maximum atomic E-state index is 12.2. The Morgan fingerprint density at radius 2 is 1.87 bits per heavy atom. The minimum atomic E-state index is -0.136.